The molecule has 0 spiro atoms. The summed E-state index contributed by atoms with van der Waals surface area (Å²) in [6, 6.07) is 54.0. The van der Waals surface area contributed by atoms with E-state index in [0.717, 1.165) is 44.9 Å². The number of rotatable bonds is 6. The third-order valence-electron chi connectivity index (χ3n) is 11.6. The summed E-state index contributed by atoms with van der Waals surface area (Å²) in [6.07, 6.45) is 2.03. The number of thiophene rings is 1. The van der Waals surface area contributed by atoms with Gasteiger partial charge in [0, 0.05) is 35.9 Å². The zero-order chi connectivity index (χ0) is 41.9. The molecule has 0 saturated carbocycles. The molecule has 0 aliphatic rings. The van der Waals surface area contributed by atoms with Crippen molar-refractivity contribution in [2.45, 2.75) is 57.8 Å². The molecule has 10 rings (SSSR count). The van der Waals surface area contributed by atoms with E-state index in [1.54, 1.807) is 0 Å². The fourth-order valence-corrected chi connectivity index (χ4v) is 12.8. The van der Waals surface area contributed by atoms with Gasteiger partial charge in [-0.05, 0) is 63.0 Å². The minimum atomic E-state index is -2.08. The van der Waals surface area contributed by atoms with Crippen molar-refractivity contribution in [2.75, 3.05) is 0 Å². The van der Waals surface area contributed by atoms with Crippen LogP contribution in [-0.4, -0.2) is 27.8 Å². The first-order valence-electron chi connectivity index (χ1n) is 21.0. The van der Waals surface area contributed by atoms with Crippen LogP contribution < -0.4 is 4.40 Å². The van der Waals surface area contributed by atoms with Crippen LogP contribution in [0, 0.1) is 31.9 Å². The monoisotopic (exact) mass is 1040 g/mol. The Balaban J connectivity index is 0.000000192. The first-order valence-corrected chi connectivity index (χ1v) is 28.7. The van der Waals surface area contributed by atoms with Crippen molar-refractivity contribution in [3.8, 4) is 28.3 Å². The molecular weight excluding hydrogens is 988 g/mol. The van der Waals surface area contributed by atoms with Crippen molar-refractivity contribution in [3.63, 3.8) is 0 Å². The molecule has 0 bridgehead atoms. The van der Waals surface area contributed by atoms with E-state index in [-0.39, 0.29) is 26.0 Å². The Labute approximate surface area is 375 Å². The fourth-order valence-electron chi connectivity index (χ4n) is 8.22. The summed E-state index contributed by atoms with van der Waals surface area (Å²) in [6.45, 7) is 10.6. The number of aryl methyl sites for hydroxylation is 2. The van der Waals surface area contributed by atoms with Gasteiger partial charge in [0.2, 0.25) is 0 Å². The minimum Gasteiger partial charge on any atom is 0 e. The second-order valence-electron chi connectivity index (χ2n) is 17.1. The zero-order valence-corrected chi connectivity index (χ0v) is 40.7. The van der Waals surface area contributed by atoms with Gasteiger partial charge in [-0.15, -0.1) is 17.7 Å². The van der Waals surface area contributed by atoms with Crippen molar-refractivity contribution >= 4 is 81.7 Å². The van der Waals surface area contributed by atoms with Crippen LogP contribution in [0.2, 0.25) is 17.3 Å². The van der Waals surface area contributed by atoms with Crippen LogP contribution in [0.1, 0.15) is 44.7 Å². The van der Waals surface area contributed by atoms with E-state index in [9.17, 15) is 0 Å². The standard InChI is InChI=1S/C35H23N2S.C19H26GeN.Ir/c1-21-14-16-27-32(18-21)38-34-28(17-15-22(2)33(27)34)35-36-29-19-24-9-3-4-10-25(24)20-31(29)37(35)30-13-7-11-23-8-5-6-12-26(23)30;1-14(2)15(3)17-12-19(16-10-8-7-9-11-16)21-13-18(17)20(4,5)6;/h3-16,18-20H,1-2H3;7-10,12-15H,1-6H3;/q2*-1;/i;15D;. The third kappa shape index (κ3) is 7.78. The van der Waals surface area contributed by atoms with E-state index in [1.807, 2.05) is 48.7 Å². The minimum absolute atomic E-state index is 0. The Kier molecular flexibility index (Phi) is 11.4. The van der Waals surface area contributed by atoms with Crippen LogP contribution >= 0.6 is 11.3 Å². The largest absolute Gasteiger partial charge is 0 e. The van der Waals surface area contributed by atoms with Crippen molar-refractivity contribution in [2.24, 2.45) is 5.92 Å². The molecule has 60 heavy (non-hydrogen) atoms. The van der Waals surface area contributed by atoms with Crippen molar-refractivity contribution in [1.82, 2.24) is 14.5 Å². The average molecular weight is 1040 g/mol. The molecule has 0 saturated heterocycles. The van der Waals surface area contributed by atoms with Crippen LogP contribution in [0.25, 0.3) is 81.1 Å². The molecular formula is C54H49GeIrN3S-2. The van der Waals surface area contributed by atoms with E-state index in [2.05, 4.69) is 176 Å². The molecule has 0 fully saturated rings. The molecule has 0 aliphatic heterocycles. The number of nitrogens with zero attached hydrogens (tertiary/aromatic N) is 3. The number of pyridine rings is 1. The quantitative estimate of drug-likeness (QED) is 0.123. The molecule has 1 unspecified atom stereocenters. The predicted molar refractivity (Wildman–Crippen MR) is 257 cm³/mol. The van der Waals surface area contributed by atoms with Crippen LogP contribution in [0.15, 0.2) is 140 Å². The van der Waals surface area contributed by atoms with Crippen LogP contribution in [0.4, 0.5) is 0 Å². The van der Waals surface area contributed by atoms with E-state index < -0.39 is 19.2 Å². The Morgan fingerprint density at radius 3 is 2.20 bits per heavy atom. The van der Waals surface area contributed by atoms with Gasteiger partial charge in [0.1, 0.15) is 0 Å². The summed E-state index contributed by atoms with van der Waals surface area (Å²) in [5, 5.41) is 7.45. The van der Waals surface area contributed by atoms with Crippen LogP contribution in [-0.2, 0) is 20.1 Å². The van der Waals surface area contributed by atoms with Gasteiger partial charge in [-0.2, -0.15) is 11.3 Å². The molecule has 7 aromatic carbocycles. The fraction of sp³-hybridized carbons (Fsp3) is 0.185. The predicted octanol–water partition coefficient (Wildman–Crippen LogP) is 14.6. The number of aromatic nitrogens is 3. The van der Waals surface area contributed by atoms with Gasteiger partial charge in [0.25, 0.3) is 0 Å². The van der Waals surface area contributed by atoms with Gasteiger partial charge in [0.05, 0.1) is 16.9 Å². The number of hydrogen-bond donors (Lipinski definition) is 0. The second kappa shape index (κ2) is 16.9. The molecule has 3 nitrogen and oxygen atoms in total. The molecule has 3 heterocycles. The number of imidazole rings is 1. The molecule has 3 aromatic heterocycles. The summed E-state index contributed by atoms with van der Waals surface area (Å²) in [7, 11) is 0. The van der Waals surface area contributed by atoms with Crippen molar-refractivity contribution in [1.29, 1.82) is 0 Å². The van der Waals surface area contributed by atoms with Crippen molar-refractivity contribution in [3.05, 3.63) is 168 Å². The molecule has 0 aliphatic carbocycles. The van der Waals surface area contributed by atoms with E-state index >= 15 is 0 Å². The molecule has 301 valence electrons. The first-order chi connectivity index (χ1) is 28.8. The van der Waals surface area contributed by atoms with Gasteiger partial charge < -0.3 is 4.57 Å². The van der Waals surface area contributed by atoms with Gasteiger partial charge >= 0.3 is 133 Å². The Bertz CT molecular complexity index is 3230. The molecule has 6 heteroatoms. The molecule has 10 aromatic rings. The summed E-state index contributed by atoms with van der Waals surface area (Å²) < 4.78 is 15.1. The van der Waals surface area contributed by atoms with Gasteiger partial charge in [-0.3, -0.25) is 4.98 Å². The van der Waals surface area contributed by atoms with Gasteiger partial charge in [-0.25, -0.2) is 0 Å². The zero-order valence-electron chi connectivity index (χ0n) is 36.4. The average Bonchev–Trinajstić information content (AvgIpc) is 3.81. The molecule has 0 amide bonds. The normalized spacial score (nSPS) is 13.1. The molecule has 1 radical (unpaired) electrons. The summed E-state index contributed by atoms with van der Waals surface area (Å²) in [4.78, 5) is 10.0. The SMILES string of the molecule is Cc1ccc2c(c1)sc1c(-c3nc4cc5ccccc5cc4n3-c3cccc4ccccc34)[c-]cc(C)c12.[2H]C(C)(c1cc(-c2[c-]cccc2)nc[c]1[Ge]([CH3])([CH3])[CH3])C(C)C.[Ir]. The van der Waals surface area contributed by atoms with E-state index in [0.29, 0.717) is 0 Å². The summed E-state index contributed by atoms with van der Waals surface area (Å²) in [5.41, 5.74) is 9.88. The smallest absolute Gasteiger partial charge is 0 e. The summed E-state index contributed by atoms with van der Waals surface area (Å²) in [5.74, 6) is 7.69. The Morgan fingerprint density at radius 1 is 0.750 bits per heavy atom. The second-order valence-corrected chi connectivity index (χ2v) is 28.7. The maximum atomic E-state index is 8.89. The van der Waals surface area contributed by atoms with Crippen molar-refractivity contribution < 1.29 is 21.5 Å². The first kappa shape index (κ1) is 40.5. The van der Waals surface area contributed by atoms with Crippen LogP contribution in [0.3, 0.4) is 0 Å². The van der Waals surface area contributed by atoms with Crippen LogP contribution in [0.5, 0.6) is 0 Å². The number of benzene rings is 7. The van der Waals surface area contributed by atoms with E-state index in [1.165, 1.54) is 57.2 Å². The third-order valence-corrected chi connectivity index (χ3v) is 17.0. The maximum Gasteiger partial charge on any atom is 0 e. The Hall–Kier alpha value is -4.91. The summed E-state index contributed by atoms with van der Waals surface area (Å²) >= 11 is -0.235. The molecule has 0 N–H and O–H groups in total. The number of hydrogen-bond acceptors (Lipinski definition) is 3. The maximum absolute atomic E-state index is 8.89. The molecule has 1 atom stereocenters. The Morgan fingerprint density at radius 2 is 1.47 bits per heavy atom. The van der Waals surface area contributed by atoms with Gasteiger partial charge in [-0.1, -0.05) is 90.7 Å². The van der Waals surface area contributed by atoms with Gasteiger partial charge in [0.15, 0.2) is 0 Å². The number of fused-ring (bicyclic) bond motifs is 6. The van der Waals surface area contributed by atoms with E-state index in [4.69, 9.17) is 6.35 Å². The topological polar surface area (TPSA) is 30.7 Å².